The fourth-order valence-electron chi connectivity index (χ4n) is 4.32. The Kier molecular flexibility index (Phi) is 3.65. The SMILES string of the molecule is N#C[C@]1(c2ccccn2)Cc2cc([N+](=O)[O-])ccc2N2CCCC[C@@H]21. The quantitative estimate of drug-likeness (QED) is 0.621. The van der Waals surface area contributed by atoms with Gasteiger partial charge >= 0.3 is 0 Å². The summed E-state index contributed by atoms with van der Waals surface area (Å²) in [4.78, 5) is 17.6. The normalized spacial score (nSPS) is 24.8. The lowest BCUT2D eigenvalue weighted by molar-refractivity contribution is -0.384. The molecule has 126 valence electrons. The van der Waals surface area contributed by atoms with E-state index in [4.69, 9.17) is 0 Å². The lowest BCUT2D eigenvalue weighted by Crippen LogP contribution is -2.57. The van der Waals surface area contributed by atoms with E-state index < -0.39 is 5.41 Å². The van der Waals surface area contributed by atoms with Gasteiger partial charge in [0.2, 0.25) is 0 Å². The number of hydrogen-bond acceptors (Lipinski definition) is 5. The first-order chi connectivity index (χ1) is 12.2. The molecule has 1 saturated heterocycles. The minimum atomic E-state index is -0.774. The summed E-state index contributed by atoms with van der Waals surface area (Å²) in [5, 5.41) is 21.4. The highest BCUT2D eigenvalue weighted by atomic mass is 16.6. The summed E-state index contributed by atoms with van der Waals surface area (Å²) in [6, 6.07) is 13.3. The molecule has 0 saturated carbocycles. The van der Waals surface area contributed by atoms with Crippen molar-refractivity contribution < 1.29 is 4.92 Å². The smallest absolute Gasteiger partial charge is 0.269 e. The second kappa shape index (κ2) is 5.85. The number of hydrogen-bond donors (Lipinski definition) is 0. The molecule has 0 N–H and O–H groups in total. The van der Waals surface area contributed by atoms with Gasteiger partial charge in [-0.05, 0) is 43.0 Å². The Morgan fingerprint density at radius 1 is 1.32 bits per heavy atom. The van der Waals surface area contributed by atoms with E-state index in [1.807, 2.05) is 24.3 Å². The van der Waals surface area contributed by atoms with Gasteiger partial charge in [0.25, 0.3) is 5.69 Å². The van der Waals surface area contributed by atoms with Crippen LogP contribution in [-0.4, -0.2) is 22.5 Å². The Bertz CT molecular complexity index is 861. The van der Waals surface area contributed by atoms with Crippen LogP contribution in [0.15, 0.2) is 42.6 Å². The van der Waals surface area contributed by atoms with Gasteiger partial charge in [0, 0.05) is 37.0 Å². The van der Waals surface area contributed by atoms with Crippen LogP contribution < -0.4 is 4.90 Å². The van der Waals surface area contributed by atoms with Crippen molar-refractivity contribution in [3.05, 3.63) is 64.0 Å². The average molecular weight is 334 g/mol. The molecule has 6 heteroatoms. The summed E-state index contributed by atoms with van der Waals surface area (Å²) in [6.07, 6.45) is 5.25. The van der Waals surface area contributed by atoms with Crippen LogP contribution in [0.3, 0.4) is 0 Å². The first-order valence-electron chi connectivity index (χ1n) is 8.52. The molecule has 25 heavy (non-hydrogen) atoms. The molecule has 0 radical (unpaired) electrons. The molecule has 0 spiro atoms. The van der Waals surface area contributed by atoms with Crippen LogP contribution in [0.5, 0.6) is 0 Å². The third-order valence-corrected chi connectivity index (χ3v) is 5.45. The van der Waals surface area contributed by atoms with Gasteiger partial charge in [-0.15, -0.1) is 0 Å². The van der Waals surface area contributed by atoms with Crippen molar-refractivity contribution in [3.63, 3.8) is 0 Å². The standard InChI is InChI=1S/C19H18N4O2/c20-13-19(17-5-1-3-9-21-17)12-14-11-15(23(24)25)7-8-16(14)22-10-4-2-6-18(19)22/h1,3,5,7-9,11,18H,2,4,6,10,12H2/t18-,19+/m1/s1. The maximum atomic E-state index is 11.2. The third-order valence-electron chi connectivity index (χ3n) is 5.45. The molecule has 0 aliphatic carbocycles. The Hall–Kier alpha value is -2.94. The predicted molar refractivity (Wildman–Crippen MR) is 93.3 cm³/mol. The van der Waals surface area contributed by atoms with E-state index in [2.05, 4.69) is 16.0 Å². The molecule has 3 heterocycles. The van der Waals surface area contributed by atoms with E-state index in [9.17, 15) is 15.4 Å². The third kappa shape index (κ3) is 2.35. The second-order valence-electron chi connectivity index (χ2n) is 6.75. The molecule has 0 unspecified atom stereocenters. The van der Waals surface area contributed by atoms with E-state index in [1.54, 1.807) is 18.3 Å². The first-order valence-corrected chi connectivity index (χ1v) is 8.52. The molecule has 0 bridgehead atoms. The van der Waals surface area contributed by atoms with Crippen LogP contribution in [0, 0.1) is 21.4 Å². The average Bonchev–Trinajstić information content (AvgIpc) is 2.67. The minimum absolute atomic E-state index is 0.0510. The summed E-state index contributed by atoms with van der Waals surface area (Å²) in [5.74, 6) is 0. The van der Waals surface area contributed by atoms with Crippen LogP contribution in [0.1, 0.15) is 30.5 Å². The Labute approximate surface area is 145 Å². The van der Waals surface area contributed by atoms with E-state index in [0.29, 0.717) is 6.42 Å². The summed E-state index contributed by atoms with van der Waals surface area (Å²) in [5.41, 5.74) is 1.94. The first kappa shape index (κ1) is 15.6. The molecule has 0 amide bonds. The highest BCUT2D eigenvalue weighted by Gasteiger charge is 2.50. The van der Waals surface area contributed by atoms with Gasteiger partial charge < -0.3 is 4.90 Å². The van der Waals surface area contributed by atoms with Gasteiger partial charge in [-0.25, -0.2) is 0 Å². The van der Waals surface area contributed by atoms with Gasteiger partial charge in [0.1, 0.15) is 5.41 Å². The van der Waals surface area contributed by atoms with Crippen molar-refractivity contribution in [1.29, 1.82) is 5.26 Å². The maximum absolute atomic E-state index is 11.2. The van der Waals surface area contributed by atoms with E-state index in [1.165, 1.54) is 0 Å². The lowest BCUT2D eigenvalue weighted by atomic mass is 9.67. The molecule has 2 atom stereocenters. The summed E-state index contributed by atoms with van der Waals surface area (Å²) >= 11 is 0. The highest BCUT2D eigenvalue weighted by molar-refractivity contribution is 5.64. The van der Waals surface area contributed by atoms with E-state index in [0.717, 1.165) is 42.8 Å². The summed E-state index contributed by atoms with van der Waals surface area (Å²) in [7, 11) is 0. The van der Waals surface area contributed by atoms with Crippen molar-refractivity contribution >= 4 is 11.4 Å². The molecular formula is C19H18N4O2. The summed E-state index contributed by atoms with van der Waals surface area (Å²) < 4.78 is 0. The number of nitro benzene ring substituents is 1. The maximum Gasteiger partial charge on any atom is 0.269 e. The zero-order valence-electron chi connectivity index (χ0n) is 13.8. The lowest BCUT2D eigenvalue weighted by Gasteiger charge is -2.50. The molecule has 4 rings (SSSR count). The fraction of sp³-hybridized carbons (Fsp3) is 0.368. The Balaban J connectivity index is 1.90. The van der Waals surface area contributed by atoms with Gasteiger partial charge in [-0.3, -0.25) is 15.1 Å². The number of benzene rings is 1. The van der Waals surface area contributed by atoms with Crippen LogP contribution in [0.25, 0.3) is 0 Å². The molecular weight excluding hydrogens is 316 g/mol. The number of aromatic nitrogens is 1. The van der Waals surface area contributed by atoms with Crippen LogP contribution >= 0.6 is 0 Å². The van der Waals surface area contributed by atoms with E-state index >= 15 is 0 Å². The molecule has 1 fully saturated rings. The van der Waals surface area contributed by atoms with Gasteiger partial charge in [-0.1, -0.05) is 6.07 Å². The number of rotatable bonds is 2. The number of nitrogens with zero attached hydrogens (tertiary/aromatic N) is 4. The fourth-order valence-corrected chi connectivity index (χ4v) is 4.32. The van der Waals surface area contributed by atoms with Crippen molar-refractivity contribution in [2.24, 2.45) is 0 Å². The number of nitro groups is 1. The minimum Gasteiger partial charge on any atom is -0.366 e. The topological polar surface area (TPSA) is 83.1 Å². The molecule has 6 nitrogen and oxygen atoms in total. The van der Waals surface area contributed by atoms with E-state index in [-0.39, 0.29) is 16.7 Å². The second-order valence-corrected chi connectivity index (χ2v) is 6.75. The van der Waals surface area contributed by atoms with Gasteiger partial charge in [0.15, 0.2) is 0 Å². The highest BCUT2D eigenvalue weighted by Crippen LogP contribution is 2.46. The van der Waals surface area contributed by atoms with Crippen molar-refractivity contribution in [3.8, 4) is 6.07 Å². The zero-order chi connectivity index (χ0) is 17.4. The molecule has 2 aromatic rings. The van der Waals surface area contributed by atoms with Crippen molar-refractivity contribution in [2.45, 2.75) is 37.1 Å². The summed E-state index contributed by atoms with van der Waals surface area (Å²) in [6.45, 7) is 0.867. The van der Waals surface area contributed by atoms with Crippen molar-refractivity contribution in [2.75, 3.05) is 11.4 Å². The number of fused-ring (bicyclic) bond motifs is 3. The monoisotopic (exact) mass is 334 g/mol. The molecule has 1 aromatic heterocycles. The molecule has 2 aliphatic heterocycles. The van der Waals surface area contributed by atoms with Crippen LogP contribution in [0.4, 0.5) is 11.4 Å². The predicted octanol–water partition coefficient (Wildman–Crippen LogP) is 3.37. The van der Waals surface area contributed by atoms with Gasteiger partial charge in [0.05, 0.1) is 22.7 Å². The Morgan fingerprint density at radius 2 is 2.20 bits per heavy atom. The van der Waals surface area contributed by atoms with Crippen molar-refractivity contribution in [1.82, 2.24) is 4.98 Å². The molecule has 1 aromatic carbocycles. The number of non-ortho nitro benzene ring substituents is 1. The Morgan fingerprint density at radius 3 is 2.92 bits per heavy atom. The largest absolute Gasteiger partial charge is 0.366 e. The zero-order valence-corrected chi connectivity index (χ0v) is 13.8. The van der Waals surface area contributed by atoms with Crippen LogP contribution in [0.2, 0.25) is 0 Å². The number of anilines is 1. The molecule has 2 aliphatic rings. The van der Waals surface area contributed by atoms with Gasteiger partial charge in [-0.2, -0.15) is 5.26 Å². The number of nitriles is 1. The number of piperidine rings is 1. The number of pyridine rings is 1. The van der Waals surface area contributed by atoms with Crippen LogP contribution in [-0.2, 0) is 11.8 Å².